The molecule has 0 aliphatic carbocycles. The van der Waals surface area contributed by atoms with Gasteiger partial charge in [0.25, 0.3) is 5.91 Å². The van der Waals surface area contributed by atoms with Crippen LogP contribution in [0.4, 0.5) is 4.39 Å². The van der Waals surface area contributed by atoms with Crippen LogP contribution in [-0.4, -0.2) is 72.9 Å². The van der Waals surface area contributed by atoms with E-state index in [-0.39, 0.29) is 10.9 Å². The zero-order valence-electron chi connectivity index (χ0n) is 13.2. The van der Waals surface area contributed by atoms with Gasteiger partial charge in [0.15, 0.2) is 0 Å². The summed E-state index contributed by atoms with van der Waals surface area (Å²) in [5, 5.41) is 9.98. The van der Waals surface area contributed by atoms with Gasteiger partial charge in [0.1, 0.15) is 5.82 Å². The van der Waals surface area contributed by atoms with Gasteiger partial charge >= 0.3 is 0 Å². The van der Waals surface area contributed by atoms with E-state index in [0.717, 1.165) is 6.07 Å². The van der Waals surface area contributed by atoms with Crippen LogP contribution < -0.4 is 0 Å². The molecule has 0 aromatic heterocycles. The van der Waals surface area contributed by atoms with Gasteiger partial charge in [-0.05, 0) is 25.1 Å². The number of amides is 1. The first-order chi connectivity index (χ1) is 11.0. The highest BCUT2D eigenvalue weighted by atomic mass is 35.5. The summed E-state index contributed by atoms with van der Waals surface area (Å²) in [4.78, 5) is 16.2. The van der Waals surface area contributed by atoms with E-state index in [1.54, 1.807) is 4.90 Å². The maximum Gasteiger partial charge on any atom is 0.255 e. The molecule has 0 spiro atoms. The summed E-state index contributed by atoms with van der Waals surface area (Å²) in [5.74, 6) is -0.649. The molecule has 128 valence electrons. The first-order valence-electron chi connectivity index (χ1n) is 7.73. The molecular weight excluding hydrogens is 323 g/mol. The second kappa shape index (κ2) is 8.59. The molecule has 5 nitrogen and oxygen atoms in total. The average Bonchev–Trinajstić information content (AvgIpc) is 2.53. The van der Waals surface area contributed by atoms with Gasteiger partial charge < -0.3 is 14.7 Å². The number of piperazine rings is 1. The van der Waals surface area contributed by atoms with E-state index >= 15 is 0 Å². The SMILES string of the molecule is CCOC[C@H](O)CN1CCN(C(=O)c2ccc(F)cc2Cl)CC1. The van der Waals surface area contributed by atoms with Gasteiger partial charge in [-0.2, -0.15) is 0 Å². The molecule has 0 saturated carbocycles. The lowest BCUT2D eigenvalue weighted by Gasteiger charge is -2.35. The highest BCUT2D eigenvalue weighted by molar-refractivity contribution is 6.33. The molecule has 1 aliphatic heterocycles. The summed E-state index contributed by atoms with van der Waals surface area (Å²) >= 11 is 5.94. The van der Waals surface area contributed by atoms with Crippen LogP contribution in [0.2, 0.25) is 5.02 Å². The van der Waals surface area contributed by atoms with Crippen LogP contribution in [0.5, 0.6) is 0 Å². The van der Waals surface area contributed by atoms with E-state index in [4.69, 9.17) is 16.3 Å². The fourth-order valence-corrected chi connectivity index (χ4v) is 2.82. The minimum absolute atomic E-state index is 0.129. The Bertz CT molecular complexity index is 536. The van der Waals surface area contributed by atoms with Crippen molar-refractivity contribution in [3.8, 4) is 0 Å². The Hall–Kier alpha value is -1.21. The minimum atomic E-state index is -0.524. The topological polar surface area (TPSA) is 53.0 Å². The lowest BCUT2D eigenvalue weighted by Crippen LogP contribution is -2.50. The smallest absolute Gasteiger partial charge is 0.255 e. The molecule has 1 amide bonds. The Balaban J connectivity index is 1.85. The number of benzene rings is 1. The Labute approximate surface area is 140 Å². The summed E-state index contributed by atoms with van der Waals surface area (Å²) in [5.41, 5.74) is 0.317. The third-order valence-electron chi connectivity index (χ3n) is 3.80. The molecule has 1 heterocycles. The van der Waals surface area contributed by atoms with Gasteiger partial charge in [-0.15, -0.1) is 0 Å². The number of rotatable bonds is 6. The number of aliphatic hydroxyl groups excluding tert-OH is 1. The molecule has 1 aliphatic rings. The van der Waals surface area contributed by atoms with Crippen LogP contribution >= 0.6 is 11.6 Å². The molecule has 1 atom stereocenters. The highest BCUT2D eigenvalue weighted by Crippen LogP contribution is 2.20. The molecule has 0 unspecified atom stereocenters. The van der Waals surface area contributed by atoms with E-state index < -0.39 is 11.9 Å². The first kappa shape index (κ1) is 18.1. The fourth-order valence-electron chi connectivity index (χ4n) is 2.57. The van der Waals surface area contributed by atoms with E-state index in [9.17, 15) is 14.3 Å². The average molecular weight is 345 g/mol. The number of ether oxygens (including phenoxy) is 1. The Morgan fingerprint density at radius 1 is 1.39 bits per heavy atom. The van der Waals surface area contributed by atoms with Gasteiger partial charge in [0.05, 0.1) is 23.3 Å². The molecule has 0 radical (unpaired) electrons. The molecule has 7 heteroatoms. The molecule has 1 aromatic carbocycles. The summed E-state index contributed by atoms with van der Waals surface area (Å²) in [6.45, 7) is 5.76. The summed E-state index contributed by atoms with van der Waals surface area (Å²) in [7, 11) is 0. The lowest BCUT2D eigenvalue weighted by atomic mass is 10.1. The van der Waals surface area contributed by atoms with Gasteiger partial charge in [-0.3, -0.25) is 9.69 Å². The van der Waals surface area contributed by atoms with Crippen molar-refractivity contribution >= 4 is 17.5 Å². The zero-order valence-corrected chi connectivity index (χ0v) is 13.9. The monoisotopic (exact) mass is 344 g/mol. The molecule has 1 N–H and O–H groups in total. The van der Waals surface area contributed by atoms with Gasteiger partial charge in [-0.1, -0.05) is 11.6 Å². The number of carbonyl (C=O) groups excluding carboxylic acids is 1. The molecule has 23 heavy (non-hydrogen) atoms. The van der Waals surface area contributed by atoms with E-state index in [1.165, 1.54) is 12.1 Å². The predicted molar refractivity (Wildman–Crippen MR) is 86.3 cm³/mol. The summed E-state index contributed by atoms with van der Waals surface area (Å²) in [6, 6.07) is 3.80. The van der Waals surface area contributed by atoms with E-state index in [2.05, 4.69) is 4.90 Å². The van der Waals surface area contributed by atoms with Crippen molar-refractivity contribution in [1.29, 1.82) is 0 Å². The molecule has 2 rings (SSSR count). The van der Waals surface area contributed by atoms with Crippen LogP contribution in [0.3, 0.4) is 0 Å². The number of halogens is 2. The standard InChI is InChI=1S/C16H22ClFN2O3/c1-2-23-11-13(21)10-19-5-7-20(8-6-19)16(22)14-4-3-12(18)9-15(14)17/h3-4,9,13,21H,2,5-8,10-11H2,1H3/t13-/m1/s1. The number of hydrogen-bond acceptors (Lipinski definition) is 4. The molecule has 1 aromatic rings. The van der Waals surface area contributed by atoms with Crippen LogP contribution in [-0.2, 0) is 4.74 Å². The Morgan fingerprint density at radius 2 is 2.09 bits per heavy atom. The van der Waals surface area contributed by atoms with E-state index in [1.807, 2.05) is 6.92 Å². The number of aliphatic hydroxyl groups is 1. The van der Waals surface area contributed by atoms with Crippen molar-refractivity contribution in [2.24, 2.45) is 0 Å². The number of nitrogens with zero attached hydrogens (tertiary/aromatic N) is 2. The van der Waals surface area contributed by atoms with Crippen molar-refractivity contribution in [2.75, 3.05) is 45.9 Å². The van der Waals surface area contributed by atoms with Crippen LogP contribution in [0.1, 0.15) is 17.3 Å². The maximum atomic E-state index is 13.1. The van der Waals surface area contributed by atoms with Crippen molar-refractivity contribution in [2.45, 2.75) is 13.0 Å². The normalized spacial score (nSPS) is 17.3. The molecule has 0 bridgehead atoms. The third-order valence-corrected chi connectivity index (χ3v) is 4.12. The second-order valence-electron chi connectivity index (χ2n) is 5.53. The number of hydrogen-bond donors (Lipinski definition) is 1. The van der Waals surface area contributed by atoms with Crippen molar-refractivity contribution in [1.82, 2.24) is 9.80 Å². The Morgan fingerprint density at radius 3 is 2.70 bits per heavy atom. The van der Waals surface area contributed by atoms with Gasteiger partial charge in [0, 0.05) is 39.3 Å². The van der Waals surface area contributed by atoms with Crippen molar-refractivity contribution in [3.63, 3.8) is 0 Å². The van der Waals surface area contributed by atoms with Gasteiger partial charge in [0.2, 0.25) is 0 Å². The van der Waals surface area contributed by atoms with Crippen molar-refractivity contribution in [3.05, 3.63) is 34.6 Å². The summed E-state index contributed by atoms with van der Waals surface area (Å²) < 4.78 is 18.3. The quantitative estimate of drug-likeness (QED) is 0.852. The van der Waals surface area contributed by atoms with E-state index in [0.29, 0.717) is 51.5 Å². The largest absolute Gasteiger partial charge is 0.389 e. The fraction of sp³-hybridized carbons (Fsp3) is 0.562. The molecule has 1 fully saturated rings. The predicted octanol–water partition coefficient (Wildman–Crippen LogP) is 1.63. The van der Waals surface area contributed by atoms with Crippen molar-refractivity contribution < 1.29 is 19.0 Å². The van der Waals surface area contributed by atoms with Crippen LogP contribution in [0, 0.1) is 5.82 Å². The van der Waals surface area contributed by atoms with Crippen LogP contribution in [0.25, 0.3) is 0 Å². The maximum absolute atomic E-state index is 13.1. The van der Waals surface area contributed by atoms with Crippen LogP contribution in [0.15, 0.2) is 18.2 Å². The summed E-state index contributed by atoms with van der Waals surface area (Å²) in [6.07, 6.45) is -0.524. The molecule has 1 saturated heterocycles. The number of carbonyl (C=O) groups is 1. The molecular formula is C16H22ClFN2O3. The first-order valence-corrected chi connectivity index (χ1v) is 8.11. The minimum Gasteiger partial charge on any atom is -0.389 e. The number of β-amino-alcohol motifs (C(OH)–C–C–N with tert-alkyl or cyclic N) is 1. The highest BCUT2D eigenvalue weighted by Gasteiger charge is 2.24. The lowest BCUT2D eigenvalue weighted by molar-refractivity contribution is 0.0111. The Kier molecular flexibility index (Phi) is 6.77. The zero-order chi connectivity index (χ0) is 16.8. The second-order valence-corrected chi connectivity index (χ2v) is 5.94. The third kappa shape index (κ3) is 5.14. The van der Waals surface area contributed by atoms with Gasteiger partial charge in [-0.25, -0.2) is 4.39 Å².